The maximum absolute atomic E-state index is 11.6. The maximum atomic E-state index is 11.6. The van der Waals surface area contributed by atoms with Crippen LogP contribution in [0.1, 0.15) is 49.7 Å². The zero-order valence-corrected chi connectivity index (χ0v) is 17.7. The van der Waals surface area contributed by atoms with Gasteiger partial charge in [0.1, 0.15) is 5.60 Å². The quantitative estimate of drug-likeness (QED) is 0.365. The number of aromatic nitrogens is 1. The molecule has 0 fully saturated rings. The lowest BCUT2D eigenvalue weighted by Crippen LogP contribution is -2.38. The van der Waals surface area contributed by atoms with Crippen LogP contribution in [0.3, 0.4) is 0 Å². The Balaban J connectivity index is 2.28. The molecule has 1 heterocycles. The first-order chi connectivity index (χ1) is 12.2. The van der Waals surface area contributed by atoms with E-state index in [2.05, 4.69) is 32.9 Å². The van der Waals surface area contributed by atoms with Crippen LogP contribution >= 0.6 is 11.3 Å². The monoisotopic (exact) mass is 383 g/mol. The van der Waals surface area contributed by atoms with Crippen LogP contribution < -0.4 is 16.0 Å². The Morgan fingerprint density at radius 1 is 1.19 bits per heavy atom. The summed E-state index contributed by atoms with van der Waals surface area (Å²) in [5, 5.41) is 10.4. The molecule has 0 aromatic carbocycles. The fraction of sp³-hybridized carbons (Fsp3) is 0.722. The number of hydrogen-bond acceptors (Lipinski definition) is 5. The van der Waals surface area contributed by atoms with Crippen LogP contribution in [-0.2, 0) is 11.2 Å². The second-order valence-corrected chi connectivity index (χ2v) is 8.26. The highest BCUT2D eigenvalue weighted by molar-refractivity contribution is 7.11. The number of carbonyl (C=O) groups excluding carboxylic acids is 1. The summed E-state index contributed by atoms with van der Waals surface area (Å²) in [5.74, 6) is 0.787. The van der Waals surface area contributed by atoms with E-state index in [1.54, 1.807) is 11.3 Å². The van der Waals surface area contributed by atoms with Gasteiger partial charge in [-0.3, -0.25) is 4.99 Å². The van der Waals surface area contributed by atoms with Gasteiger partial charge in [0.05, 0.1) is 10.7 Å². The lowest BCUT2D eigenvalue weighted by Gasteiger charge is -2.19. The summed E-state index contributed by atoms with van der Waals surface area (Å²) >= 11 is 1.75. The van der Waals surface area contributed by atoms with Crippen molar-refractivity contribution < 1.29 is 9.53 Å². The van der Waals surface area contributed by atoms with Gasteiger partial charge in [-0.05, 0) is 48.0 Å². The molecule has 0 saturated heterocycles. The van der Waals surface area contributed by atoms with Crippen molar-refractivity contribution in [3.63, 3.8) is 0 Å². The van der Waals surface area contributed by atoms with Gasteiger partial charge in [-0.2, -0.15) is 0 Å². The van der Waals surface area contributed by atoms with E-state index in [1.807, 2.05) is 34.6 Å². The maximum Gasteiger partial charge on any atom is 0.407 e. The first-order valence-electron chi connectivity index (χ1n) is 9.13. The molecule has 0 spiro atoms. The average Bonchev–Trinajstić information content (AvgIpc) is 2.83. The molecule has 148 valence electrons. The molecule has 0 unspecified atom stereocenters. The number of carbonyl (C=O) groups is 1. The van der Waals surface area contributed by atoms with Crippen LogP contribution in [0, 0.1) is 13.8 Å². The van der Waals surface area contributed by atoms with Crippen LogP contribution in [0.4, 0.5) is 4.79 Å². The largest absolute Gasteiger partial charge is 0.444 e. The minimum Gasteiger partial charge on any atom is -0.444 e. The second kappa shape index (κ2) is 11.0. The van der Waals surface area contributed by atoms with E-state index in [0.29, 0.717) is 13.1 Å². The van der Waals surface area contributed by atoms with E-state index in [0.717, 1.165) is 42.6 Å². The first kappa shape index (κ1) is 22.2. The summed E-state index contributed by atoms with van der Waals surface area (Å²) in [6, 6.07) is 0. The smallest absolute Gasteiger partial charge is 0.407 e. The van der Waals surface area contributed by atoms with Crippen molar-refractivity contribution in [2.24, 2.45) is 4.99 Å². The van der Waals surface area contributed by atoms with Gasteiger partial charge in [0.15, 0.2) is 5.96 Å². The van der Waals surface area contributed by atoms with Crippen LogP contribution in [-0.4, -0.2) is 48.8 Å². The molecule has 1 aromatic rings. The Kier molecular flexibility index (Phi) is 9.40. The van der Waals surface area contributed by atoms with Crippen LogP contribution in [0.15, 0.2) is 4.99 Å². The number of rotatable bonds is 8. The molecule has 0 aliphatic rings. The summed E-state index contributed by atoms with van der Waals surface area (Å²) in [7, 11) is 0. The predicted molar refractivity (Wildman–Crippen MR) is 108 cm³/mol. The van der Waals surface area contributed by atoms with Gasteiger partial charge in [0, 0.05) is 37.5 Å². The molecule has 8 heteroatoms. The van der Waals surface area contributed by atoms with Crippen molar-refractivity contribution >= 4 is 23.4 Å². The van der Waals surface area contributed by atoms with E-state index in [9.17, 15) is 4.79 Å². The molecule has 0 aliphatic carbocycles. The molecule has 1 amide bonds. The van der Waals surface area contributed by atoms with Crippen molar-refractivity contribution in [3.05, 3.63) is 15.6 Å². The normalized spacial score (nSPS) is 12.0. The van der Waals surface area contributed by atoms with Crippen molar-refractivity contribution in [2.45, 2.75) is 60.0 Å². The molecule has 1 rings (SSSR count). The van der Waals surface area contributed by atoms with Crippen molar-refractivity contribution in [1.82, 2.24) is 20.9 Å². The van der Waals surface area contributed by atoms with Gasteiger partial charge in [0.25, 0.3) is 0 Å². The SMILES string of the molecule is CCNC(=NCCCNC(=O)OC(C)(C)C)NCCc1nc(C)c(C)s1. The highest BCUT2D eigenvalue weighted by atomic mass is 32.1. The molecule has 0 bridgehead atoms. The Morgan fingerprint density at radius 2 is 1.92 bits per heavy atom. The highest BCUT2D eigenvalue weighted by Gasteiger charge is 2.15. The number of thiazole rings is 1. The van der Waals surface area contributed by atoms with E-state index in [4.69, 9.17) is 4.74 Å². The Bertz CT molecular complexity index is 573. The van der Waals surface area contributed by atoms with Gasteiger partial charge >= 0.3 is 6.09 Å². The molecule has 0 radical (unpaired) electrons. The van der Waals surface area contributed by atoms with Gasteiger partial charge in [-0.1, -0.05) is 0 Å². The summed E-state index contributed by atoms with van der Waals surface area (Å²) in [6.07, 6.45) is 1.24. The molecule has 26 heavy (non-hydrogen) atoms. The zero-order valence-electron chi connectivity index (χ0n) is 16.9. The topological polar surface area (TPSA) is 87.6 Å². The lowest BCUT2D eigenvalue weighted by molar-refractivity contribution is 0.0527. The third-order valence-corrected chi connectivity index (χ3v) is 4.45. The zero-order chi connectivity index (χ0) is 19.6. The minimum absolute atomic E-state index is 0.388. The highest BCUT2D eigenvalue weighted by Crippen LogP contribution is 2.16. The van der Waals surface area contributed by atoms with Crippen molar-refractivity contribution in [3.8, 4) is 0 Å². The van der Waals surface area contributed by atoms with Crippen LogP contribution in [0.5, 0.6) is 0 Å². The number of alkyl carbamates (subject to hydrolysis) is 1. The van der Waals surface area contributed by atoms with Crippen LogP contribution in [0.2, 0.25) is 0 Å². The molecule has 3 N–H and O–H groups in total. The summed E-state index contributed by atoms with van der Waals surface area (Å²) in [4.78, 5) is 21.9. The van der Waals surface area contributed by atoms with Crippen molar-refractivity contribution in [1.29, 1.82) is 0 Å². The molecule has 0 atom stereocenters. The molecule has 0 aliphatic heterocycles. The van der Waals surface area contributed by atoms with E-state index < -0.39 is 5.60 Å². The third-order valence-electron chi connectivity index (χ3n) is 3.32. The fourth-order valence-electron chi connectivity index (χ4n) is 2.05. The third kappa shape index (κ3) is 9.60. The summed E-state index contributed by atoms with van der Waals surface area (Å²) < 4.78 is 5.19. The molecular formula is C18H33N5O2S. The number of nitrogens with one attached hydrogen (secondary N) is 3. The van der Waals surface area contributed by atoms with E-state index in [1.165, 1.54) is 4.88 Å². The second-order valence-electron chi connectivity index (χ2n) is 6.97. The lowest BCUT2D eigenvalue weighted by atomic mass is 10.2. The summed E-state index contributed by atoms with van der Waals surface area (Å²) in [6.45, 7) is 14.5. The van der Waals surface area contributed by atoms with Gasteiger partial charge in [0.2, 0.25) is 0 Å². The molecule has 0 saturated carbocycles. The number of aryl methyl sites for hydroxylation is 2. The Labute approximate surface area is 161 Å². The summed E-state index contributed by atoms with van der Waals surface area (Å²) in [5.41, 5.74) is 0.641. The fourth-order valence-corrected chi connectivity index (χ4v) is 2.98. The standard InChI is InChI=1S/C18H33N5O2S/c1-7-19-16(21-12-9-15-23-13(2)14(3)26-15)20-10-8-11-22-17(24)25-18(4,5)6/h7-12H2,1-6H3,(H,22,24)(H2,19,20,21). The number of aliphatic imine (C=N–C) groups is 1. The number of nitrogens with zero attached hydrogens (tertiary/aromatic N) is 2. The van der Waals surface area contributed by atoms with E-state index in [-0.39, 0.29) is 6.09 Å². The van der Waals surface area contributed by atoms with Gasteiger partial charge in [-0.25, -0.2) is 9.78 Å². The minimum atomic E-state index is -0.473. The van der Waals surface area contributed by atoms with Gasteiger partial charge < -0.3 is 20.7 Å². The van der Waals surface area contributed by atoms with Crippen molar-refractivity contribution in [2.75, 3.05) is 26.2 Å². The predicted octanol–water partition coefficient (Wildman–Crippen LogP) is 2.77. The molecule has 7 nitrogen and oxygen atoms in total. The first-order valence-corrected chi connectivity index (χ1v) is 9.95. The average molecular weight is 384 g/mol. The van der Waals surface area contributed by atoms with Gasteiger partial charge in [-0.15, -0.1) is 11.3 Å². The number of ether oxygens (including phenoxy) is 1. The Hall–Kier alpha value is -1.83. The number of hydrogen-bond donors (Lipinski definition) is 3. The molecule has 1 aromatic heterocycles. The van der Waals surface area contributed by atoms with Crippen LogP contribution in [0.25, 0.3) is 0 Å². The number of guanidine groups is 1. The molecular weight excluding hydrogens is 350 g/mol. The number of amides is 1. The van der Waals surface area contributed by atoms with E-state index >= 15 is 0 Å². The Morgan fingerprint density at radius 3 is 2.50 bits per heavy atom.